The second-order valence-electron chi connectivity index (χ2n) is 6.51. The molecule has 26 heavy (non-hydrogen) atoms. The van der Waals surface area contributed by atoms with Crippen LogP contribution >= 0.6 is 11.6 Å². The first-order chi connectivity index (χ1) is 12.5. The van der Waals surface area contributed by atoms with Crippen LogP contribution in [-0.4, -0.2) is 25.8 Å². The first-order valence-corrected chi connectivity index (χ1v) is 8.83. The average Bonchev–Trinajstić information content (AvgIpc) is 3.20. The van der Waals surface area contributed by atoms with Gasteiger partial charge in [0.1, 0.15) is 11.7 Å². The molecule has 134 valence electrons. The third-order valence-corrected chi connectivity index (χ3v) is 4.60. The maximum atomic E-state index is 12.5. The number of carbonyl (C=O) groups is 1. The van der Waals surface area contributed by atoms with Crippen molar-refractivity contribution in [3.63, 3.8) is 0 Å². The van der Waals surface area contributed by atoms with Crippen LogP contribution in [0.1, 0.15) is 53.8 Å². The minimum atomic E-state index is -0.429. The molecule has 2 aromatic heterocycles. The highest BCUT2D eigenvalue weighted by Crippen LogP contribution is 2.39. The van der Waals surface area contributed by atoms with E-state index in [1.807, 2.05) is 18.2 Å². The number of rotatable bonds is 5. The highest BCUT2D eigenvalue weighted by atomic mass is 35.5. The highest BCUT2D eigenvalue weighted by molar-refractivity contribution is 6.30. The molecule has 1 saturated carbocycles. The minimum absolute atomic E-state index is 0.220. The number of nitrogens with one attached hydrogen (secondary N) is 1. The van der Waals surface area contributed by atoms with Crippen molar-refractivity contribution in [1.29, 1.82) is 0 Å². The van der Waals surface area contributed by atoms with Gasteiger partial charge in [-0.25, -0.2) is 0 Å². The number of hydrogen-bond donors (Lipinski definition) is 1. The summed E-state index contributed by atoms with van der Waals surface area (Å²) in [5.74, 6) is 1.04. The molecule has 0 spiro atoms. The van der Waals surface area contributed by atoms with Gasteiger partial charge in [-0.3, -0.25) is 9.48 Å². The fourth-order valence-electron chi connectivity index (χ4n) is 2.77. The summed E-state index contributed by atoms with van der Waals surface area (Å²) in [6.45, 7) is 1.80. The van der Waals surface area contributed by atoms with E-state index in [2.05, 4.69) is 20.6 Å². The Morgan fingerprint density at radius 3 is 2.92 bits per heavy atom. The van der Waals surface area contributed by atoms with Crippen molar-refractivity contribution in [2.45, 2.75) is 31.7 Å². The largest absolute Gasteiger partial charge is 0.339 e. The number of aryl methyl sites for hydroxylation is 1. The van der Waals surface area contributed by atoms with Gasteiger partial charge in [-0.15, -0.1) is 0 Å². The zero-order chi connectivity index (χ0) is 18.3. The van der Waals surface area contributed by atoms with Crippen LogP contribution in [0.15, 0.2) is 34.9 Å². The Bertz CT molecular complexity index is 960. The first-order valence-electron chi connectivity index (χ1n) is 8.45. The lowest BCUT2D eigenvalue weighted by Gasteiger charge is -2.09. The van der Waals surface area contributed by atoms with Crippen LogP contribution < -0.4 is 5.32 Å². The van der Waals surface area contributed by atoms with Gasteiger partial charge in [-0.2, -0.15) is 10.1 Å². The standard InChI is InChI=1S/C18H18ClN5O2/c1-10(18-21-16(23-26-18)12-4-3-5-13(19)8-12)20-17(25)15-9-14(11-6-7-11)22-24(15)2/h3-5,8-11H,6-7H2,1-2H3,(H,20,25)/t10-/m0/s1. The fraction of sp³-hybridized carbons (Fsp3) is 0.333. The summed E-state index contributed by atoms with van der Waals surface area (Å²) in [6.07, 6.45) is 2.28. The molecular formula is C18H18ClN5O2. The normalized spacial score (nSPS) is 15.0. The SMILES string of the molecule is C[C@H](NC(=O)c1cc(C2CC2)nn1C)c1nc(-c2cccc(Cl)c2)no1. The average molecular weight is 372 g/mol. The number of aromatic nitrogens is 4. The summed E-state index contributed by atoms with van der Waals surface area (Å²) in [5, 5.41) is 11.9. The monoisotopic (exact) mass is 371 g/mol. The Morgan fingerprint density at radius 1 is 1.38 bits per heavy atom. The Morgan fingerprint density at radius 2 is 2.19 bits per heavy atom. The van der Waals surface area contributed by atoms with Crippen LogP contribution in [0.3, 0.4) is 0 Å². The summed E-state index contributed by atoms with van der Waals surface area (Å²) in [5.41, 5.74) is 2.26. The summed E-state index contributed by atoms with van der Waals surface area (Å²) < 4.78 is 6.91. The molecule has 0 aliphatic heterocycles. The smallest absolute Gasteiger partial charge is 0.270 e. The quantitative estimate of drug-likeness (QED) is 0.741. The van der Waals surface area contributed by atoms with Gasteiger partial charge >= 0.3 is 0 Å². The van der Waals surface area contributed by atoms with Gasteiger partial charge in [0.2, 0.25) is 11.7 Å². The van der Waals surface area contributed by atoms with E-state index >= 15 is 0 Å². The third-order valence-electron chi connectivity index (χ3n) is 4.37. The van der Waals surface area contributed by atoms with Gasteiger partial charge in [0.05, 0.1) is 5.69 Å². The van der Waals surface area contributed by atoms with Crippen molar-refractivity contribution in [1.82, 2.24) is 25.2 Å². The van der Waals surface area contributed by atoms with E-state index in [-0.39, 0.29) is 5.91 Å². The number of nitrogens with zero attached hydrogens (tertiary/aromatic N) is 4. The zero-order valence-electron chi connectivity index (χ0n) is 14.4. The lowest BCUT2D eigenvalue weighted by Crippen LogP contribution is -2.28. The van der Waals surface area contributed by atoms with E-state index in [9.17, 15) is 4.79 Å². The second kappa shape index (κ2) is 6.57. The predicted molar refractivity (Wildman–Crippen MR) is 95.8 cm³/mol. The summed E-state index contributed by atoms with van der Waals surface area (Å²) in [6, 6.07) is 8.62. The molecule has 1 fully saturated rings. The van der Waals surface area contributed by atoms with E-state index in [1.54, 1.807) is 30.8 Å². The molecule has 3 aromatic rings. The molecule has 0 radical (unpaired) electrons. The maximum Gasteiger partial charge on any atom is 0.270 e. The molecule has 7 nitrogen and oxygen atoms in total. The van der Waals surface area contributed by atoms with E-state index in [0.29, 0.717) is 28.3 Å². The minimum Gasteiger partial charge on any atom is -0.339 e. The van der Waals surface area contributed by atoms with Crippen LogP contribution in [0.2, 0.25) is 5.02 Å². The molecule has 0 saturated heterocycles. The lowest BCUT2D eigenvalue weighted by atomic mass is 10.2. The van der Waals surface area contributed by atoms with Crippen LogP contribution in [0, 0.1) is 0 Å². The van der Waals surface area contributed by atoms with E-state index in [4.69, 9.17) is 16.1 Å². The summed E-state index contributed by atoms with van der Waals surface area (Å²) in [4.78, 5) is 16.9. The van der Waals surface area contributed by atoms with Crippen molar-refractivity contribution in [3.05, 3.63) is 52.6 Å². The molecule has 1 atom stereocenters. The molecule has 1 aromatic carbocycles. The van der Waals surface area contributed by atoms with Gasteiger partial charge in [-0.1, -0.05) is 28.9 Å². The summed E-state index contributed by atoms with van der Waals surface area (Å²) in [7, 11) is 1.77. The number of benzene rings is 1. The van der Waals surface area contributed by atoms with E-state index in [1.165, 1.54) is 0 Å². The fourth-order valence-corrected chi connectivity index (χ4v) is 2.96. The van der Waals surface area contributed by atoms with Crippen LogP contribution in [0.5, 0.6) is 0 Å². The topological polar surface area (TPSA) is 85.8 Å². The molecule has 8 heteroatoms. The molecule has 0 unspecified atom stereocenters. The summed E-state index contributed by atoms with van der Waals surface area (Å²) >= 11 is 5.99. The Kier molecular flexibility index (Phi) is 4.24. The molecule has 1 N–H and O–H groups in total. The lowest BCUT2D eigenvalue weighted by molar-refractivity contribution is 0.0923. The molecule has 1 aliphatic carbocycles. The highest BCUT2D eigenvalue weighted by Gasteiger charge is 2.28. The molecule has 1 amide bonds. The van der Waals surface area contributed by atoms with Crippen LogP contribution in [0.25, 0.3) is 11.4 Å². The third kappa shape index (κ3) is 3.35. The second-order valence-corrected chi connectivity index (χ2v) is 6.95. The Balaban J connectivity index is 1.48. The first kappa shape index (κ1) is 16.8. The van der Waals surface area contributed by atoms with Crippen molar-refractivity contribution >= 4 is 17.5 Å². The maximum absolute atomic E-state index is 12.5. The number of amides is 1. The van der Waals surface area contributed by atoms with E-state index < -0.39 is 6.04 Å². The Hall–Kier alpha value is -2.67. The van der Waals surface area contributed by atoms with Gasteiger partial charge in [0.15, 0.2) is 0 Å². The van der Waals surface area contributed by atoms with Crippen molar-refractivity contribution < 1.29 is 9.32 Å². The molecular weight excluding hydrogens is 354 g/mol. The van der Waals surface area contributed by atoms with Gasteiger partial charge in [0, 0.05) is 23.6 Å². The van der Waals surface area contributed by atoms with Crippen molar-refractivity contribution in [3.8, 4) is 11.4 Å². The Labute approximate surface area is 155 Å². The number of carbonyl (C=O) groups excluding carboxylic acids is 1. The van der Waals surface area contributed by atoms with Crippen LogP contribution in [0.4, 0.5) is 0 Å². The van der Waals surface area contributed by atoms with Gasteiger partial charge in [0.25, 0.3) is 5.91 Å². The van der Waals surface area contributed by atoms with Gasteiger partial charge < -0.3 is 9.84 Å². The molecule has 0 bridgehead atoms. The van der Waals surface area contributed by atoms with Crippen LogP contribution in [-0.2, 0) is 7.05 Å². The number of hydrogen-bond acceptors (Lipinski definition) is 5. The molecule has 1 aliphatic rings. The number of halogens is 1. The zero-order valence-corrected chi connectivity index (χ0v) is 15.2. The van der Waals surface area contributed by atoms with E-state index in [0.717, 1.165) is 24.1 Å². The predicted octanol–water partition coefficient (Wildman–Crippen LogP) is 3.49. The van der Waals surface area contributed by atoms with Crippen molar-refractivity contribution in [2.24, 2.45) is 7.05 Å². The molecule has 2 heterocycles. The van der Waals surface area contributed by atoms with Crippen molar-refractivity contribution in [2.75, 3.05) is 0 Å². The molecule has 4 rings (SSSR count). The van der Waals surface area contributed by atoms with Gasteiger partial charge in [-0.05, 0) is 38.0 Å².